The Morgan fingerprint density at radius 2 is 1.52 bits per heavy atom. The summed E-state index contributed by atoms with van der Waals surface area (Å²) in [6, 6.07) is 7.07. The van der Waals surface area contributed by atoms with Gasteiger partial charge in [-0.25, -0.2) is 4.79 Å². The third-order valence-corrected chi connectivity index (χ3v) is 4.41. The Morgan fingerprint density at radius 1 is 0.920 bits per heavy atom. The molecule has 0 amide bonds. The van der Waals surface area contributed by atoms with E-state index >= 15 is 0 Å². The standard InChI is InChI=1S/C22H35NO2/c1-2-3-4-5-6-7-8-9-10-11-12-13-16-19-23-21-18-15-14-17-20(21)22(24)25/h11-12,14-15,17-18,23H,2-10,13,16,19H2,1H3,(H,24,25). The van der Waals surface area contributed by atoms with Gasteiger partial charge in [-0.3, -0.25) is 0 Å². The molecule has 140 valence electrons. The fraction of sp³-hybridized carbons (Fsp3) is 0.591. The van der Waals surface area contributed by atoms with Gasteiger partial charge < -0.3 is 10.4 Å². The number of para-hydroxylation sites is 1. The Morgan fingerprint density at radius 3 is 2.20 bits per heavy atom. The second kappa shape index (κ2) is 14.6. The van der Waals surface area contributed by atoms with Crippen LogP contribution in [-0.2, 0) is 0 Å². The molecule has 0 aliphatic carbocycles. The zero-order valence-corrected chi connectivity index (χ0v) is 15.8. The fourth-order valence-corrected chi connectivity index (χ4v) is 2.90. The Labute approximate surface area is 153 Å². The zero-order valence-electron chi connectivity index (χ0n) is 15.8. The molecular formula is C22H35NO2. The highest BCUT2D eigenvalue weighted by Gasteiger charge is 2.07. The molecule has 0 aliphatic heterocycles. The van der Waals surface area contributed by atoms with Crippen molar-refractivity contribution in [2.24, 2.45) is 0 Å². The Balaban J connectivity index is 1.98. The molecule has 0 heterocycles. The van der Waals surface area contributed by atoms with Crippen molar-refractivity contribution in [3.05, 3.63) is 42.0 Å². The van der Waals surface area contributed by atoms with Gasteiger partial charge in [-0.15, -0.1) is 0 Å². The number of unbranched alkanes of at least 4 members (excludes halogenated alkanes) is 9. The van der Waals surface area contributed by atoms with E-state index in [0.717, 1.165) is 19.4 Å². The molecule has 0 aliphatic rings. The van der Waals surface area contributed by atoms with E-state index in [1.54, 1.807) is 12.1 Å². The average molecular weight is 346 g/mol. The quantitative estimate of drug-likeness (QED) is 0.276. The minimum absolute atomic E-state index is 0.340. The van der Waals surface area contributed by atoms with Crippen LogP contribution in [-0.4, -0.2) is 17.6 Å². The Bertz CT molecular complexity index is 497. The van der Waals surface area contributed by atoms with E-state index in [1.807, 2.05) is 12.1 Å². The van der Waals surface area contributed by atoms with E-state index in [4.69, 9.17) is 5.11 Å². The van der Waals surface area contributed by atoms with Crippen LogP contribution in [0.25, 0.3) is 0 Å². The van der Waals surface area contributed by atoms with E-state index in [0.29, 0.717) is 11.3 Å². The van der Waals surface area contributed by atoms with Gasteiger partial charge in [0.15, 0.2) is 0 Å². The number of allylic oxidation sites excluding steroid dienone is 2. The van der Waals surface area contributed by atoms with Crippen molar-refractivity contribution in [2.45, 2.75) is 77.6 Å². The second-order valence-electron chi connectivity index (χ2n) is 6.65. The van der Waals surface area contributed by atoms with Crippen molar-refractivity contribution in [2.75, 3.05) is 11.9 Å². The van der Waals surface area contributed by atoms with E-state index < -0.39 is 5.97 Å². The summed E-state index contributed by atoms with van der Waals surface area (Å²) in [4.78, 5) is 11.1. The van der Waals surface area contributed by atoms with Crippen LogP contribution < -0.4 is 5.32 Å². The van der Waals surface area contributed by atoms with Crippen LogP contribution in [0, 0.1) is 0 Å². The largest absolute Gasteiger partial charge is 0.478 e. The van der Waals surface area contributed by atoms with Crippen molar-refractivity contribution in [3.8, 4) is 0 Å². The summed E-state index contributed by atoms with van der Waals surface area (Å²) in [5.74, 6) is -0.881. The van der Waals surface area contributed by atoms with Crippen LogP contribution in [0.2, 0.25) is 0 Å². The van der Waals surface area contributed by atoms with Gasteiger partial charge in [0.1, 0.15) is 0 Å². The second-order valence-corrected chi connectivity index (χ2v) is 6.65. The minimum Gasteiger partial charge on any atom is -0.478 e. The lowest BCUT2D eigenvalue weighted by Gasteiger charge is -2.08. The van der Waals surface area contributed by atoms with Crippen LogP contribution in [0.1, 0.15) is 87.9 Å². The first-order chi connectivity index (χ1) is 12.3. The number of benzene rings is 1. The average Bonchev–Trinajstić information content (AvgIpc) is 2.62. The van der Waals surface area contributed by atoms with Gasteiger partial charge in [-0.1, -0.05) is 76.2 Å². The minimum atomic E-state index is -0.881. The summed E-state index contributed by atoms with van der Waals surface area (Å²) in [6.45, 7) is 3.06. The summed E-state index contributed by atoms with van der Waals surface area (Å²) in [5.41, 5.74) is 1.05. The maximum atomic E-state index is 11.1. The normalized spacial score (nSPS) is 11.1. The Kier molecular flexibility index (Phi) is 12.4. The van der Waals surface area contributed by atoms with Crippen LogP contribution in [0.5, 0.6) is 0 Å². The highest BCUT2D eigenvalue weighted by molar-refractivity contribution is 5.94. The molecule has 1 rings (SSSR count). The van der Waals surface area contributed by atoms with E-state index in [2.05, 4.69) is 24.4 Å². The molecule has 0 saturated heterocycles. The first-order valence-electron chi connectivity index (χ1n) is 9.97. The number of carboxylic acid groups (broad SMARTS) is 1. The first kappa shape index (κ1) is 21.3. The summed E-state index contributed by atoms with van der Waals surface area (Å²) >= 11 is 0. The van der Waals surface area contributed by atoms with Gasteiger partial charge in [-0.2, -0.15) is 0 Å². The number of carboxylic acids is 1. The van der Waals surface area contributed by atoms with Crippen molar-refractivity contribution in [3.63, 3.8) is 0 Å². The number of hydrogen-bond acceptors (Lipinski definition) is 2. The molecule has 0 fully saturated rings. The van der Waals surface area contributed by atoms with Gasteiger partial charge in [0.05, 0.1) is 5.56 Å². The number of rotatable bonds is 15. The van der Waals surface area contributed by atoms with Crippen LogP contribution in [0.4, 0.5) is 5.69 Å². The zero-order chi connectivity index (χ0) is 18.2. The van der Waals surface area contributed by atoms with Crippen molar-refractivity contribution in [1.29, 1.82) is 0 Å². The molecule has 0 radical (unpaired) electrons. The molecule has 0 spiro atoms. The van der Waals surface area contributed by atoms with Gasteiger partial charge in [0.2, 0.25) is 0 Å². The summed E-state index contributed by atoms with van der Waals surface area (Å²) in [7, 11) is 0. The fourth-order valence-electron chi connectivity index (χ4n) is 2.90. The molecule has 0 atom stereocenters. The molecule has 0 saturated carbocycles. The van der Waals surface area contributed by atoms with Gasteiger partial charge in [0.25, 0.3) is 0 Å². The molecule has 1 aromatic rings. The molecule has 1 aromatic carbocycles. The highest BCUT2D eigenvalue weighted by atomic mass is 16.4. The lowest BCUT2D eigenvalue weighted by molar-refractivity contribution is 0.0698. The number of anilines is 1. The monoisotopic (exact) mass is 345 g/mol. The number of hydrogen-bond donors (Lipinski definition) is 2. The number of nitrogens with one attached hydrogen (secondary N) is 1. The number of aromatic carboxylic acids is 1. The smallest absolute Gasteiger partial charge is 0.337 e. The van der Waals surface area contributed by atoms with Gasteiger partial charge in [0, 0.05) is 12.2 Å². The first-order valence-corrected chi connectivity index (χ1v) is 9.97. The molecule has 2 N–H and O–H groups in total. The van der Waals surface area contributed by atoms with E-state index in [-0.39, 0.29) is 0 Å². The van der Waals surface area contributed by atoms with Gasteiger partial charge in [-0.05, 0) is 37.8 Å². The van der Waals surface area contributed by atoms with E-state index in [9.17, 15) is 4.79 Å². The molecule has 25 heavy (non-hydrogen) atoms. The molecular weight excluding hydrogens is 310 g/mol. The maximum absolute atomic E-state index is 11.1. The lowest BCUT2D eigenvalue weighted by Crippen LogP contribution is -2.07. The van der Waals surface area contributed by atoms with Crippen LogP contribution in [0.3, 0.4) is 0 Å². The van der Waals surface area contributed by atoms with E-state index in [1.165, 1.54) is 57.8 Å². The summed E-state index contributed by atoms with van der Waals surface area (Å²) < 4.78 is 0. The lowest BCUT2D eigenvalue weighted by atomic mass is 10.1. The van der Waals surface area contributed by atoms with Crippen molar-refractivity contribution < 1.29 is 9.90 Å². The molecule has 0 unspecified atom stereocenters. The Hall–Kier alpha value is -1.77. The third-order valence-electron chi connectivity index (χ3n) is 4.41. The highest BCUT2D eigenvalue weighted by Crippen LogP contribution is 2.15. The third kappa shape index (κ3) is 10.6. The molecule has 3 heteroatoms. The number of carbonyl (C=O) groups is 1. The molecule has 3 nitrogen and oxygen atoms in total. The SMILES string of the molecule is CCCCCCCCCCC=CCCCNc1ccccc1C(=O)O. The maximum Gasteiger partial charge on any atom is 0.337 e. The van der Waals surface area contributed by atoms with Gasteiger partial charge >= 0.3 is 5.97 Å². The summed E-state index contributed by atoms with van der Waals surface area (Å²) in [6.07, 6.45) is 18.7. The van der Waals surface area contributed by atoms with Crippen LogP contribution in [0.15, 0.2) is 36.4 Å². The topological polar surface area (TPSA) is 49.3 Å². The van der Waals surface area contributed by atoms with Crippen molar-refractivity contribution >= 4 is 11.7 Å². The molecule has 0 aromatic heterocycles. The summed E-state index contributed by atoms with van der Waals surface area (Å²) in [5, 5.41) is 12.3. The molecule has 0 bridgehead atoms. The van der Waals surface area contributed by atoms with Crippen molar-refractivity contribution in [1.82, 2.24) is 0 Å². The predicted molar refractivity (Wildman–Crippen MR) is 107 cm³/mol. The predicted octanol–water partition coefficient (Wildman–Crippen LogP) is 6.66. The van der Waals surface area contributed by atoms with Crippen LogP contribution >= 0.6 is 0 Å².